The molecular formula is C22H46N2O2. The van der Waals surface area contributed by atoms with Gasteiger partial charge < -0.3 is 15.8 Å². The van der Waals surface area contributed by atoms with Crippen molar-refractivity contribution < 1.29 is 9.53 Å². The summed E-state index contributed by atoms with van der Waals surface area (Å²) in [6.45, 7) is 8.36. The van der Waals surface area contributed by atoms with Crippen LogP contribution in [0.1, 0.15) is 118 Å². The summed E-state index contributed by atoms with van der Waals surface area (Å²) in [4.78, 5) is 11.8. The number of nitrogens with two attached hydrogens (primary N) is 1. The van der Waals surface area contributed by atoms with E-state index in [2.05, 4.69) is 12.2 Å². The van der Waals surface area contributed by atoms with Crippen LogP contribution in [-0.4, -0.2) is 24.3 Å². The Morgan fingerprint density at radius 3 is 1.65 bits per heavy atom. The topological polar surface area (TPSA) is 64.3 Å². The van der Waals surface area contributed by atoms with Gasteiger partial charge in [0.05, 0.1) is 0 Å². The fourth-order valence-electron chi connectivity index (χ4n) is 3.13. The van der Waals surface area contributed by atoms with Crippen molar-refractivity contribution in [1.29, 1.82) is 0 Å². The molecule has 26 heavy (non-hydrogen) atoms. The van der Waals surface area contributed by atoms with Crippen LogP contribution in [0.25, 0.3) is 0 Å². The molecule has 0 spiro atoms. The predicted molar refractivity (Wildman–Crippen MR) is 113 cm³/mol. The minimum Gasteiger partial charge on any atom is -0.444 e. The molecule has 0 aliphatic rings. The Kier molecular flexibility index (Phi) is 15.9. The molecule has 4 heteroatoms. The molecule has 1 unspecified atom stereocenters. The first-order chi connectivity index (χ1) is 12.4. The summed E-state index contributed by atoms with van der Waals surface area (Å²) in [7, 11) is 0. The molecule has 0 aliphatic carbocycles. The number of carbonyl (C=O) groups is 1. The highest BCUT2D eigenvalue weighted by Crippen LogP contribution is 2.13. The van der Waals surface area contributed by atoms with E-state index in [9.17, 15) is 4.79 Å². The van der Waals surface area contributed by atoms with Gasteiger partial charge in [0, 0.05) is 12.6 Å². The number of rotatable bonds is 16. The van der Waals surface area contributed by atoms with Crippen LogP contribution in [0.15, 0.2) is 0 Å². The van der Waals surface area contributed by atoms with E-state index in [1.54, 1.807) is 0 Å². The first-order valence-corrected chi connectivity index (χ1v) is 11.1. The molecule has 4 nitrogen and oxygen atoms in total. The molecule has 0 saturated heterocycles. The van der Waals surface area contributed by atoms with Crippen LogP contribution in [0.2, 0.25) is 0 Å². The van der Waals surface area contributed by atoms with Crippen LogP contribution in [0.3, 0.4) is 0 Å². The monoisotopic (exact) mass is 370 g/mol. The van der Waals surface area contributed by atoms with E-state index < -0.39 is 5.60 Å². The van der Waals surface area contributed by atoms with Gasteiger partial charge in [-0.3, -0.25) is 0 Å². The molecular weight excluding hydrogens is 324 g/mol. The van der Waals surface area contributed by atoms with Gasteiger partial charge in [0.2, 0.25) is 0 Å². The fourth-order valence-corrected chi connectivity index (χ4v) is 3.13. The number of unbranched alkanes of at least 4 members (excludes halogenated alkanes) is 12. The molecule has 0 fully saturated rings. The Bertz CT molecular complexity index is 327. The van der Waals surface area contributed by atoms with Crippen molar-refractivity contribution in [3.8, 4) is 0 Å². The molecule has 0 saturated carbocycles. The minimum absolute atomic E-state index is 0.0255. The summed E-state index contributed by atoms with van der Waals surface area (Å²) < 4.78 is 5.28. The smallest absolute Gasteiger partial charge is 0.407 e. The van der Waals surface area contributed by atoms with Gasteiger partial charge in [-0.25, -0.2) is 4.79 Å². The van der Waals surface area contributed by atoms with Gasteiger partial charge >= 0.3 is 6.09 Å². The summed E-state index contributed by atoms with van der Waals surface area (Å²) in [5.74, 6) is 0. The molecule has 3 N–H and O–H groups in total. The number of hydrogen-bond acceptors (Lipinski definition) is 3. The highest BCUT2D eigenvalue weighted by atomic mass is 16.6. The van der Waals surface area contributed by atoms with Crippen LogP contribution in [0.5, 0.6) is 0 Å². The molecule has 0 aromatic rings. The lowest BCUT2D eigenvalue weighted by molar-refractivity contribution is 0.0503. The van der Waals surface area contributed by atoms with E-state index in [1.165, 1.54) is 77.0 Å². The quantitative estimate of drug-likeness (QED) is 0.312. The van der Waals surface area contributed by atoms with Gasteiger partial charge in [-0.05, 0) is 27.2 Å². The molecule has 156 valence electrons. The number of amides is 1. The second kappa shape index (κ2) is 16.4. The normalized spacial score (nSPS) is 12.8. The predicted octanol–water partition coefficient (Wildman–Crippen LogP) is 6.32. The Labute approximate surface area is 163 Å². The van der Waals surface area contributed by atoms with Crippen molar-refractivity contribution in [1.82, 2.24) is 5.32 Å². The molecule has 0 aliphatic heterocycles. The minimum atomic E-state index is -0.460. The Morgan fingerprint density at radius 1 is 0.846 bits per heavy atom. The second-order valence-electron chi connectivity index (χ2n) is 8.61. The van der Waals surface area contributed by atoms with Crippen LogP contribution >= 0.6 is 0 Å². The number of carbonyl (C=O) groups excluding carboxylic acids is 1. The standard InChI is InChI=1S/C22H46N2O2/c1-5-6-7-8-9-10-11-12-13-14-15-16-17-18-20(19-23)24-21(25)26-22(2,3)4/h20H,5-19,23H2,1-4H3,(H,24,25). The second-order valence-corrected chi connectivity index (χ2v) is 8.61. The third kappa shape index (κ3) is 18.0. The van der Waals surface area contributed by atoms with Gasteiger partial charge in [-0.15, -0.1) is 0 Å². The van der Waals surface area contributed by atoms with Crippen LogP contribution < -0.4 is 11.1 Å². The third-order valence-corrected chi connectivity index (χ3v) is 4.66. The van der Waals surface area contributed by atoms with Gasteiger partial charge in [0.25, 0.3) is 0 Å². The van der Waals surface area contributed by atoms with E-state index in [0.29, 0.717) is 6.54 Å². The maximum absolute atomic E-state index is 11.8. The zero-order valence-corrected chi connectivity index (χ0v) is 18.1. The number of nitrogens with one attached hydrogen (secondary N) is 1. The highest BCUT2D eigenvalue weighted by molar-refractivity contribution is 5.68. The third-order valence-electron chi connectivity index (χ3n) is 4.66. The molecule has 0 radical (unpaired) electrons. The highest BCUT2D eigenvalue weighted by Gasteiger charge is 2.18. The van der Waals surface area contributed by atoms with E-state index in [1.807, 2.05) is 20.8 Å². The van der Waals surface area contributed by atoms with Gasteiger partial charge in [0.15, 0.2) is 0 Å². The largest absolute Gasteiger partial charge is 0.444 e. The fraction of sp³-hybridized carbons (Fsp3) is 0.955. The molecule has 1 amide bonds. The zero-order valence-electron chi connectivity index (χ0n) is 18.1. The van der Waals surface area contributed by atoms with Crippen LogP contribution in [0.4, 0.5) is 4.79 Å². The first-order valence-electron chi connectivity index (χ1n) is 11.1. The van der Waals surface area contributed by atoms with E-state index in [4.69, 9.17) is 10.5 Å². The Morgan fingerprint density at radius 2 is 1.27 bits per heavy atom. The number of ether oxygens (including phenoxy) is 1. The maximum atomic E-state index is 11.8. The van der Waals surface area contributed by atoms with Crippen molar-refractivity contribution >= 4 is 6.09 Å². The molecule has 1 atom stereocenters. The molecule has 0 heterocycles. The summed E-state index contributed by atoms with van der Waals surface area (Å²) in [5, 5.41) is 2.88. The van der Waals surface area contributed by atoms with Crippen molar-refractivity contribution in [3.05, 3.63) is 0 Å². The number of hydrogen-bond donors (Lipinski definition) is 2. The molecule has 0 rings (SSSR count). The van der Waals surface area contributed by atoms with Crippen molar-refractivity contribution in [2.75, 3.05) is 6.54 Å². The SMILES string of the molecule is CCCCCCCCCCCCCCCC(CN)NC(=O)OC(C)(C)C. The van der Waals surface area contributed by atoms with Crippen molar-refractivity contribution in [2.45, 2.75) is 129 Å². The van der Waals surface area contributed by atoms with Crippen LogP contribution in [-0.2, 0) is 4.74 Å². The van der Waals surface area contributed by atoms with E-state index in [-0.39, 0.29) is 12.1 Å². The lowest BCUT2D eigenvalue weighted by Crippen LogP contribution is -2.42. The summed E-state index contributed by atoms with van der Waals surface area (Å²) in [6, 6.07) is 0.0255. The Hall–Kier alpha value is -0.770. The van der Waals surface area contributed by atoms with Crippen LogP contribution in [0, 0.1) is 0 Å². The molecule has 0 aromatic carbocycles. The molecule has 0 bridgehead atoms. The van der Waals surface area contributed by atoms with E-state index in [0.717, 1.165) is 12.8 Å². The maximum Gasteiger partial charge on any atom is 0.407 e. The average molecular weight is 371 g/mol. The van der Waals surface area contributed by atoms with Gasteiger partial charge in [0.1, 0.15) is 5.60 Å². The lowest BCUT2D eigenvalue weighted by Gasteiger charge is -2.23. The van der Waals surface area contributed by atoms with Crippen molar-refractivity contribution in [2.24, 2.45) is 5.73 Å². The average Bonchev–Trinajstić information content (AvgIpc) is 2.56. The number of alkyl carbamates (subject to hydrolysis) is 1. The Balaban J connectivity index is 3.45. The summed E-state index contributed by atoms with van der Waals surface area (Å²) >= 11 is 0. The van der Waals surface area contributed by atoms with Gasteiger partial charge in [-0.1, -0.05) is 90.4 Å². The summed E-state index contributed by atoms with van der Waals surface area (Å²) in [6.07, 6.45) is 18.1. The van der Waals surface area contributed by atoms with Gasteiger partial charge in [-0.2, -0.15) is 0 Å². The van der Waals surface area contributed by atoms with E-state index >= 15 is 0 Å². The van der Waals surface area contributed by atoms with Crippen molar-refractivity contribution in [3.63, 3.8) is 0 Å². The zero-order chi connectivity index (χ0) is 19.7. The molecule has 0 aromatic heterocycles. The summed E-state index contributed by atoms with van der Waals surface area (Å²) in [5.41, 5.74) is 5.30. The lowest BCUT2D eigenvalue weighted by atomic mass is 10.0. The first kappa shape index (κ1) is 25.2.